The van der Waals surface area contributed by atoms with Crippen molar-refractivity contribution >= 4 is 35.6 Å². The van der Waals surface area contributed by atoms with Crippen LogP contribution < -0.4 is 10.2 Å². The van der Waals surface area contributed by atoms with Gasteiger partial charge in [-0.25, -0.2) is 8.78 Å². The number of hydrogen-bond donors (Lipinski definition) is 1. The van der Waals surface area contributed by atoms with Crippen molar-refractivity contribution in [2.45, 2.75) is 18.9 Å². The third-order valence-corrected chi connectivity index (χ3v) is 5.62. The fourth-order valence-electron chi connectivity index (χ4n) is 4.06. The molecule has 2 aliphatic rings. The number of likely N-dealkylation sites (tertiary alicyclic amines) is 1. The van der Waals surface area contributed by atoms with Gasteiger partial charge in [-0.2, -0.15) is 0 Å². The first kappa shape index (κ1) is 24.1. The SMILES string of the molecule is CN=C(NCC1CCCN1CCOC)N1CCN(c2cc(F)ccc2F)CC1.I. The van der Waals surface area contributed by atoms with Crippen molar-refractivity contribution < 1.29 is 13.5 Å². The topological polar surface area (TPSA) is 43.3 Å². The molecule has 6 nitrogen and oxygen atoms in total. The second-order valence-electron chi connectivity index (χ2n) is 7.32. The van der Waals surface area contributed by atoms with Crippen LogP contribution in [0, 0.1) is 11.6 Å². The van der Waals surface area contributed by atoms with E-state index in [1.807, 2.05) is 4.90 Å². The van der Waals surface area contributed by atoms with E-state index in [4.69, 9.17) is 4.74 Å². The first-order chi connectivity index (χ1) is 13.6. The van der Waals surface area contributed by atoms with Crippen LogP contribution in [0.1, 0.15) is 12.8 Å². The third-order valence-electron chi connectivity index (χ3n) is 5.62. The van der Waals surface area contributed by atoms with E-state index in [0.29, 0.717) is 37.9 Å². The van der Waals surface area contributed by atoms with Gasteiger partial charge in [-0.1, -0.05) is 0 Å². The lowest BCUT2D eigenvalue weighted by Crippen LogP contribution is -2.54. The van der Waals surface area contributed by atoms with Crippen LogP contribution in [-0.2, 0) is 4.74 Å². The van der Waals surface area contributed by atoms with Crippen molar-refractivity contribution in [2.24, 2.45) is 4.99 Å². The number of nitrogens with zero attached hydrogens (tertiary/aromatic N) is 4. The molecule has 0 aliphatic carbocycles. The first-order valence-corrected chi connectivity index (χ1v) is 10.0. The van der Waals surface area contributed by atoms with E-state index in [0.717, 1.165) is 38.3 Å². The molecule has 0 bridgehead atoms. The Labute approximate surface area is 189 Å². The summed E-state index contributed by atoms with van der Waals surface area (Å²) in [4.78, 5) is 11.0. The monoisotopic (exact) mass is 523 g/mol. The molecule has 0 spiro atoms. The molecule has 0 aromatic heterocycles. The molecule has 2 fully saturated rings. The number of guanidine groups is 1. The zero-order valence-corrected chi connectivity index (χ0v) is 19.6. The zero-order chi connectivity index (χ0) is 19.9. The van der Waals surface area contributed by atoms with Gasteiger partial charge in [0.05, 0.1) is 12.3 Å². The molecule has 0 radical (unpaired) electrons. The zero-order valence-electron chi connectivity index (χ0n) is 17.2. The molecule has 164 valence electrons. The average molecular weight is 523 g/mol. The van der Waals surface area contributed by atoms with Gasteiger partial charge in [0.15, 0.2) is 5.96 Å². The van der Waals surface area contributed by atoms with Crippen LogP contribution in [0.5, 0.6) is 0 Å². The minimum Gasteiger partial charge on any atom is -0.383 e. The molecule has 2 heterocycles. The average Bonchev–Trinajstić information content (AvgIpc) is 3.16. The predicted molar refractivity (Wildman–Crippen MR) is 123 cm³/mol. The maximum absolute atomic E-state index is 14.0. The molecule has 0 amide bonds. The molecule has 1 N–H and O–H groups in total. The number of piperazine rings is 1. The van der Waals surface area contributed by atoms with Gasteiger partial charge in [0.25, 0.3) is 0 Å². The predicted octanol–water partition coefficient (Wildman–Crippen LogP) is 2.39. The fourth-order valence-corrected chi connectivity index (χ4v) is 4.06. The Kier molecular flexibility index (Phi) is 9.84. The molecule has 3 rings (SSSR count). The summed E-state index contributed by atoms with van der Waals surface area (Å²) in [6.45, 7) is 6.38. The van der Waals surface area contributed by atoms with Crippen LogP contribution >= 0.6 is 24.0 Å². The second kappa shape index (κ2) is 11.8. The third kappa shape index (κ3) is 6.39. The van der Waals surface area contributed by atoms with Gasteiger partial charge in [-0.15, -0.1) is 24.0 Å². The molecular weight excluding hydrogens is 491 g/mol. The Balaban J connectivity index is 0.00000300. The van der Waals surface area contributed by atoms with Crippen LogP contribution in [0.25, 0.3) is 0 Å². The summed E-state index contributed by atoms with van der Waals surface area (Å²) in [5.41, 5.74) is 0.335. The molecule has 2 saturated heterocycles. The van der Waals surface area contributed by atoms with Crippen molar-refractivity contribution in [3.63, 3.8) is 0 Å². The lowest BCUT2D eigenvalue weighted by atomic mass is 10.2. The normalized spacial score (nSPS) is 20.7. The van der Waals surface area contributed by atoms with Crippen molar-refractivity contribution in [3.05, 3.63) is 29.8 Å². The highest BCUT2D eigenvalue weighted by atomic mass is 127. The Morgan fingerprint density at radius 1 is 1.21 bits per heavy atom. The van der Waals surface area contributed by atoms with Gasteiger partial charge in [0.2, 0.25) is 0 Å². The molecular formula is C20H32F2IN5O. The highest BCUT2D eigenvalue weighted by molar-refractivity contribution is 14.0. The lowest BCUT2D eigenvalue weighted by Gasteiger charge is -2.38. The molecule has 9 heteroatoms. The Hall–Kier alpha value is -1.20. The van der Waals surface area contributed by atoms with Gasteiger partial charge >= 0.3 is 0 Å². The fraction of sp³-hybridized carbons (Fsp3) is 0.650. The van der Waals surface area contributed by atoms with Crippen LogP contribution in [0.3, 0.4) is 0 Å². The number of ether oxygens (including phenoxy) is 1. The number of nitrogens with one attached hydrogen (secondary N) is 1. The largest absolute Gasteiger partial charge is 0.383 e. The van der Waals surface area contributed by atoms with Gasteiger partial charge < -0.3 is 19.9 Å². The summed E-state index contributed by atoms with van der Waals surface area (Å²) < 4.78 is 32.7. The number of hydrogen-bond acceptors (Lipinski definition) is 4. The van der Waals surface area contributed by atoms with Crippen LogP contribution in [-0.4, -0.2) is 88.4 Å². The molecule has 1 atom stereocenters. The second-order valence-corrected chi connectivity index (χ2v) is 7.32. The smallest absolute Gasteiger partial charge is 0.193 e. The standard InChI is InChI=1S/C20H31F2N5O.HI/c1-23-20(24-15-17-4-3-7-25(17)12-13-28-2)27-10-8-26(9-11-27)19-14-16(21)5-6-18(19)22;/h5-6,14,17H,3-4,7-13,15H2,1-2H3,(H,23,24);1H. The van der Waals surface area contributed by atoms with Crippen molar-refractivity contribution in [1.82, 2.24) is 15.1 Å². The van der Waals surface area contributed by atoms with E-state index in [2.05, 4.69) is 20.1 Å². The number of benzene rings is 1. The Morgan fingerprint density at radius 3 is 2.66 bits per heavy atom. The summed E-state index contributed by atoms with van der Waals surface area (Å²) in [6.07, 6.45) is 2.40. The molecule has 1 unspecified atom stereocenters. The summed E-state index contributed by atoms with van der Waals surface area (Å²) in [5, 5.41) is 3.50. The van der Waals surface area contributed by atoms with E-state index in [9.17, 15) is 8.78 Å². The number of anilines is 1. The van der Waals surface area contributed by atoms with E-state index >= 15 is 0 Å². The quantitative estimate of drug-likeness (QED) is 0.353. The lowest BCUT2D eigenvalue weighted by molar-refractivity contribution is 0.141. The number of aliphatic imine (C=N–C) groups is 1. The minimum atomic E-state index is -0.411. The number of rotatable bonds is 6. The first-order valence-electron chi connectivity index (χ1n) is 10.0. The Bertz CT molecular complexity index is 670. The summed E-state index contributed by atoms with van der Waals surface area (Å²) in [5.74, 6) is 0.0820. The molecule has 29 heavy (non-hydrogen) atoms. The summed E-state index contributed by atoms with van der Waals surface area (Å²) >= 11 is 0. The minimum absolute atomic E-state index is 0. The van der Waals surface area contributed by atoms with E-state index in [1.165, 1.54) is 25.0 Å². The van der Waals surface area contributed by atoms with E-state index in [-0.39, 0.29) is 29.8 Å². The van der Waals surface area contributed by atoms with E-state index in [1.54, 1.807) is 14.2 Å². The van der Waals surface area contributed by atoms with Crippen LogP contribution in [0.15, 0.2) is 23.2 Å². The van der Waals surface area contributed by atoms with Crippen molar-refractivity contribution in [1.29, 1.82) is 0 Å². The highest BCUT2D eigenvalue weighted by Crippen LogP contribution is 2.22. The number of methoxy groups -OCH3 is 1. The highest BCUT2D eigenvalue weighted by Gasteiger charge is 2.26. The Morgan fingerprint density at radius 2 is 1.97 bits per heavy atom. The molecule has 0 saturated carbocycles. The van der Waals surface area contributed by atoms with Crippen molar-refractivity contribution in [2.75, 3.05) is 71.5 Å². The van der Waals surface area contributed by atoms with Gasteiger partial charge in [-0.3, -0.25) is 9.89 Å². The van der Waals surface area contributed by atoms with E-state index < -0.39 is 5.82 Å². The van der Waals surface area contributed by atoms with Gasteiger partial charge in [-0.05, 0) is 31.5 Å². The maximum Gasteiger partial charge on any atom is 0.193 e. The van der Waals surface area contributed by atoms with Crippen LogP contribution in [0.2, 0.25) is 0 Å². The molecule has 1 aromatic rings. The number of halogens is 3. The molecule has 2 aliphatic heterocycles. The molecule has 1 aromatic carbocycles. The van der Waals surface area contributed by atoms with Crippen LogP contribution in [0.4, 0.5) is 14.5 Å². The maximum atomic E-state index is 14.0. The summed E-state index contributed by atoms with van der Waals surface area (Å²) in [6, 6.07) is 4.11. The van der Waals surface area contributed by atoms with Gasteiger partial charge in [0, 0.05) is 65.5 Å². The van der Waals surface area contributed by atoms with Gasteiger partial charge in [0.1, 0.15) is 11.6 Å². The van der Waals surface area contributed by atoms with Crippen molar-refractivity contribution in [3.8, 4) is 0 Å². The summed E-state index contributed by atoms with van der Waals surface area (Å²) in [7, 11) is 3.53.